The second-order valence-corrected chi connectivity index (χ2v) is 9.25. The minimum atomic E-state index is -0.197. The van der Waals surface area contributed by atoms with Gasteiger partial charge in [0.1, 0.15) is 12.6 Å². The number of aromatic nitrogens is 3. The molecule has 1 aliphatic heterocycles. The fourth-order valence-electron chi connectivity index (χ4n) is 4.69. The van der Waals surface area contributed by atoms with Crippen molar-refractivity contribution < 1.29 is 9.53 Å². The Kier molecular flexibility index (Phi) is 7.25. The quantitative estimate of drug-likeness (QED) is 0.339. The third-order valence-electron chi connectivity index (χ3n) is 6.36. The van der Waals surface area contributed by atoms with Crippen molar-refractivity contribution in [3.63, 3.8) is 0 Å². The van der Waals surface area contributed by atoms with E-state index < -0.39 is 0 Å². The van der Waals surface area contributed by atoms with Crippen molar-refractivity contribution in [3.05, 3.63) is 108 Å². The van der Waals surface area contributed by atoms with Gasteiger partial charge in [-0.15, -0.1) is 0 Å². The lowest BCUT2D eigenvalue weighted by atomic mass is 10.0. The minimum Gasteiger partial charge on any atom is -0.375 e. The maximum absolute atomic E-state index is 12.1. The van der Waals surface area contributed by atoms with Gasteiger partial charge in [0.25, 0.3) is 0 Å². The normalized spacial score (nSPS) is 17.0. The molecule has 4 heterocycles. The van der Waals surface area contributed by atoms with E-state index in [4.69, 9.17) is 17.0 Å². The largest absolute Gasteiger partial charge is 0.375 e. The van der Waals surface area contributed by atoms with Gasteiger partial charge in [-0.2, -0.15) is 0 Å². The van der Waals surface area contributed by atoms with Crippen LogP contribution in [0.5, 0.6) is 0 Å². The summed E-state index contributed by atoms with van der Waals surface area (Å²) in [6.45, 7) is 2.61. The van der Waals surface area contributed by atoms with Crippen LogP contribution in [0.3, 0.4) is 0 Å². The first-order valence-electron chi connectivity index (χ1n) is 12.0. The van der Waals surface area contributed by atoms with Gasteiger partial charge in [-0.1, -0.05) is 12.1 Å². The van der Waals surface area contributed by atoms with Gasteiger partial charge in [0.2, 0.25) is 5.91 Å². The molecule has 0 unspecified atom stereocenters. The number of amides is 1. The molecule has 1 saturated heterocycles. The highest BCUT2D eigenvalue weighted by Crippen LogP contribution is 2.42. The highest BCUT2D eigenvalue weighted by Gasteiger charge is 2.42. The van der Waals surface area contributed by atoms with E-state index in [-0.39, 0.29) is 24.6 Å². The zero-order chi connectivity index (χ0) is 25.8. The van der Waals surface area contributed by atoms with Gasteiger partial charge in [0.15, 0.2) is 5.11 Å². The Hall–Kier alpha value is -4.08. The number of nitrogens with zero attached hydrogens (tertiary/aromatic N) is 4. The van der Waals surface area contributed by atoms with E-state index in [1.807, 2.05) is 73.8 Å². The SMILES string of the molecule is COCC(=O)Nc1ccc(N2C(=S)N[C@@H](c3ccccn3)[C@H]2c2cccn2Cc2ccccn2)cc1C. The molecule has 1 aromatic carbocycles. The first-order chi connectivity index (χ1) is 18.0. The number of carbonyl (C=O) groups excluding carboxylic acids is 1. The summed E-state index contributed by atoms with van der Waals surface area (Å²) in [6, 6.07) is 21.6. The molecule has 2 N–H and O–H groups in total. The van der Waals surface area contributed by atoms with Crippen LogP contribution in [-0.2, 0) is 16.1 Å². The molecule has 0 saturated carbocycles. The number of nitrogens with one attached hydrogen (secondary N) is 2. The first-order valence-corrected chi connectivity index (χ1v) is 12.4. The van der Waals surface area contributed by atoms with Gasteiger partial charge >= 0.3 is 0 Å². The second kappa shape index (κ2) is 10.9. The van der Waals surface area contributed by atoms with Crippen molar-refractivity contribution in [2.45, 2.75) is 25.6 Å². The molecule has 0 spiro atoms. The topological polar surface area (TPSA) is 84.3 Å². The van der Waals surface area contributed by atoms with Crippen molar-refractivity contribution in [1.29, 1.82) is 0 Å². The Morgan fingerprint density at radius 1 is 1.08 bits per heavy atom. The molecule has 9 heteroatoms. The molecule has 3 aromatic heterocycles. The Bertz CT molecular complexity index is 1390. The summed E-state index contributed by atoms with van der Waals surface area (Å²) in [5.74, 6) is -0.197. The number of rotatable bonds is 8. The summed E-state index contributed by atoms with van der Waals surface area (Å²) in [5.41, 5.74) is 5.55. The minimum absolute atomic E-state index is 0.00239. The number of hydrogen-bond acceptors (Lipinski definition) is 5. The van der Waals surface area contributed by atoms with Crippen LogP contribution in [-0.4, -0.2) is 39.3 Å². The number of anilines is 2. The smallest absolute Gasteiger partial charge is 0.250 e. The number of methoxy groups -OCH3 is 1. The first kappa shape index (κ1) is 24.6. The average molecular weight is 513 g/mol. The van der Waals surface area contributed by atoms with Crippen LogP contribution in [0.15, 0.2) is 85.3 Å². The molecule has 8 nitrogen and oxygen atoms in total. The van der Waals surface area contributed by atoms with Crippen LogP contribution in [0.4, 0.5) is 11.4 Å². The standard InChI is InChI=1S/C28H28N6O2S/c1-19-16-21(11-12-22(19)31-25(35)18-36-2)34-27(26(32-28(34)37)23-9-4-6-14-30-23)24-10-7-15-33(24)17-20-8-3-5-13-29-20/h3-16,26-27H,17-18H2,1-2H3,(H,31,35)(H,32,37)/t26-,27+/m0/s1. The van der Waals surface area contributed by atoms with Crippen LogP contribution in [0, 0.1) is 6.92 Å². The fraction of sp³-hybridized carbons (Fsp3) is 0.214. The van der Waals surface area contributed by atoms with Crippen molar-refractivity contribution in [2.24, 2.45) is 0 Å². The molecule has 0 radical (unpaired) electrons. The van der Waals surface area contributed by atoms with Crippen molar-refractivity contribution in [3.8, 4) is 0 Å². The molecule has 1 amide bonds. The molecule has 1 aliphatic rings. The zero-order valence-electron chi connectivity index (χ0n) is 20.7. The highest BCUT2D eigenvalue weighted by molar-refractivity contribution is 7.80. The molecule has 5 rings (SSSR count). The number of aryl methyl sites for hydroxylation is 1. The van der Waals surface area contributed by atoms with Gasteiger partial charge in [0.05, 0.1) is 24.0 Å². The van der Waals surface area contributed by atoms with Crippen molar-refractivity contribution in [1.82, 2.24) is 19.9 Å². The predicted molar refractivity (Wildman–Crippen MR) is 147 cm³/mol. The number of pyridine rings is 2. The van der Waals surface area contributed by atoms with E-state index in [1.54, 1.807) is 6.20 Å². The summed E-state index contributed by atoms with van der Waals surface area (Å²) >= 11 is 5.88. The molecule has 4 aromatic rings. The van der Waals surface area contributed by atoms with Crippen LogP contribution in [0.25, 0.3) is 0 Å². The number of ether oxygens (including phenoxy) is 1. The Labute approximate surface area is 221 Å². The molecule has 1 fully saturated rings. The van der Waals surface area contributed by atoms with Crippen molar-refractivity contribution in [2.75, 3.05) is 23.9 Å². The van der Waals surface area contributed by atoms with Crippen LogP contribution < -0.4 is 15.5 Å². The van der Waals surface area contributed by atoms with E-state index in [0.29, 0.717) is 11.7 Å². The average Bonchev–Trinajstić information content (AvgIpc) is 3.50. The Morgan fingerprint density at radius 3 is 2.59 bits per heavy atom. The monoisotopic (exact) mass is 512 g/mol. The van der Waals surface area contributed by atoms with E-state index >= 15 is 0 Å². The van der Waals surface area contributed by atoms with Gasteiger partial charge < -0.3 is 24.8 Å². The molecule has 2 atom stereocenters. The summed E-state index contributed by atoms with van der Waals surface area (Å²) < 4.78 is 7.15. The van der Waals surface area contributed by atoms with Crippen LogP contribution >= 0.6 is 12.2 Å². The molecular formula is C28H28N6O2S. The van der Waals surface area contributed by atoms with E-state index in [2.05, 4.69) is 42.3 Å². The maximum Gasteiger partial charge on any atom is 0.250 e. The summed E-state index contributed by atoms with van der Waals surface area (Å²) in [7, 11) is 1.50. The van der Waals surface area contributed by atoms with E-state index in [0.717, 1.165) is 34.0 Å². The maximum atomic E-state index is 12.1. The van der Waals surface area contributed by atoms with Gasteiger partial charge in [0, 0.05) is 42.8 Å². The molecule has 0 bridgehead atoms. The predicted octanol–water partition coefficient (Wildman–Crippen LogP) is 4.40. The molecule has 0 aliphatic carbocycles. The lowest BCUT2D eigenvalue weighted by Gasteiger charge is -2.29. The summed E-state index contributed by atoms with van der Waals surface area (Å²) in [4.78, 5) is 23.4. The third-order valence-corrected chi connectivity index (χ3v) is 6.68. The van der Waals surface area contributed by atoms with E-state index in [9.17, 15) is 4.79 Å². The molecular weight excluding hydrogens is 484 g/mol. The number of benzene rings is 1. The van der Waals surface area contributed by atoms with Gasteiger partial charge in [-0.3, -0.25) is 14.8 Å². The Morgan fingerprint density at radius 2 is 1.89 bits per heavy atom. The third kappa shape index (κ3) is 5.23. The lowest BCUT2D eigenvalue weighted by Crippen LogP contribution is -2.30. The number of carbonyl (C=O) groups is 1. The van der Waals surface area contributed by atoms with Crippen LogP contribution in [0.1, 0.15) is 34.7 Å². The molecule has 37 heavy (non-hydrogen) atoms. The number of thiocarbonyl (C=S) groups is 1. The summed E-state index contributed by atoms with van der Waals surface area (Å²) in [6.07, 6.45) is 5.68. The van der Waals surface area contributed by atoms with Gasteiger partial charge in [-0.05, 0) is 79.3 Å². The number of hydrogen-bond donors (Lipinski definition) is 2. The lowest BCUT2D eigenvalue weighted by molar-refractivity contribution is -0.119. The van der Waals surface area contributed by atoms with Gasteiger partial charge in [-0.25, -0.2) is 0 Å². The second-order valence-electron chi connectivity index (χ2n) is 8.86. The highest BCUT2D eigenvalue weighted by atomic mass is 32.1. The molecule has 188 valence electrons. The zero-order valence-corrected chi connectivity index (χ0v) is 21.5. The Balaban J connectivity index is 1.54. The van der Waals surface area contributed by atoms with E-state index in [1.165, 1.54) is 7.11 Å². The summed E-state index contributed by atoms with van der Waals surface area (Å²) in [5, 5.41) is 7.02. The fourth-order valence-corrected chi connectivity index (χ4v) is 5.04. The van der Waals surface area contributed by atoms with Crippen LogP contribution in [0.2, 0.25) is 0 Å². The van der Waals surface area contributed by atoms with Crippen molar-refractivity contribution >= 4 is 34.6 Å².